The van der Waals surface area contributed by atoms with Gasteiger partial charge in [0.25, 0.3) is 11.8 Å². The van der Waals surface area contributed by atoms with Crippen LogP contribution >= 0.6 is 35.6 Å². The second-order valence-corrected chi connectivity index (χ2v) is 9.43. The number of halogens is 1. The summed E-state index contributed by atoms with van der Waals surface area (Å²) in [5.41, 5.74) is 4.56. The predicted molar refractivity (Wildman–Crippen MR) is 142 cm³/mol. The molecule has 0 atom stereocenters. The molecule has 4 rings (SSSR count). The van der Waals surface area contributed by atoms with Gasteiger partial charge in [0.1, 0.15) is 6.61 Å². The van der Waals surface area contributed by atoms with Gasteiger partial charge in [-0.05, 0) is 60.6 Å². The third kappa shape index (κ3) is 6.03. The number of nitrogens with zero attached hydrogens (tertiary/aromatic N) is 1. The summed E-state index contributed by atoms with van der Waals surface area (Å²) in [4.78, 5) is 25.9. The van der Waals surface area contributed by atoms with Gasteiger partial charge in [0.05, 0.1) is 22.1 Å². The van der Waals surface area contributed by atoms with Crippen LogP contribution in [-0.4, -0.2) is 27.8 Å². The summed E-state index contributed by atoms with van der Waals surface area (Å²) in [6.07, 6.45) is 1.70. The van der Waals surface area contributed by atoms with E-state index in [2.05, 4.69) is 5.43 Å². The molecule has 6 nitrogen and oxygen atoms in total. The van der Waals surface area contributed by atoms with Crippen LogP contribution in [0.2, 0.25) is 5.02 Å². The Hall–Kier alpha value is -3.33. The van der Waals surface area contributed by atoms with Crippen LogP contribution < -0.4 is 14.9 Å². The number of carbonyl (C=O) groups excluding carboxylic acids is 2. The van der Waals surface area contributed by atoms with Crippen molar-refractivity contribution in [3.63, 3.8) is 0 Å². The van der Waals surface area contributed by atoms with E-state index >= 15 is 0 Å². The summed E-state index contributed by atoms with van der Waals surface area (Å²) in [5, 5.41) is 1.34. The quantitative estimate of drug-likeness (QED) is 0.294. The number of thioether (sulfide) groups is 1. The largest absolute Gasteiger partial charge is 0.490 e. The molecule has 1 aliphatic rings. The minimum absolute atomic E-state index is 0.217. The van der Waals surface area contributed by atoms with Gasteiger partial charge in [-0.25, -0.2) is 0 Å². The molecular formula is C26H21ClN2O4S2. The fraction of sp³-hybridized carbons (Fsp3) is 0.115. The van der Waals surface area contributed by atoms with Crippen LogP contribution in [0.15, 0.2) is 77.7 Å². The first-order chi connectivity index (χ1) is 17.0. The number of thiocarbonyl (C=S) groups is 1. The average molecular weight is 525 g/mol. The molecule has 35 heavy (non-hydrogen) atoms. The molecule has 0 spiro atoms. The zero-order chi connectivity index (χ0) is 24.8. The van der Waals surface area contributed by atoms with Crippen molar-refractivity contribution in [2.45, 2.75) is 13.5 Å². The van der Waals surface area contributed by atoms with Gasteiger partial charge in [0, 0.05) is 0 Å². The van der Waals surface area contributed by atoms with Crippen molar-refractivity contribution < 1.29 is 19.1 Å². The SMILES string of the molecule is CCOc1cc(/C=C2\SC(=S)N(NC(=O)c3ccccc3Cl)C2=O)ccc1OCc1ccccc1. The second-order valence-electron chi connectivity index (χ2n) is 7.35. The monoisotopic (exact) mass is 524 g/mol. The minimum Gasteiger partial charge on any atom is -0.490 e. The summed E-state index contributed by atoms with van der Waals surface area (Å²) >= 11 is 12.5. The van der Waals surface area contributed by atoms with E-state index in [1.165, 1.54) is 0 Å². The van der Waals surface area contributed by atoms with E-state index in [9.17, 15) is 9.59 Å². The molecule has 0 bridgehead atoms. The Kier molecular flexibility index (Phi) is 8.07. The minimum atomic E-state index is -0.522. The number of ether oxygens (including phenoxy) is 2. The zero-order valence-corrected chi connectivity index (χ0v) is 21.1. The van der Waals surface area contributed by atoms with Crippen molar-refractivity contribution in [2.24, 2.45) is 0 Å². The van der Waals surface area contributed by atoms with Crippen LogP contribution in [-0.2, 0) is 11.4 Å². The average Bonchev–Trinajstić information content (AvgIpc) is 3.12. The Labute approximate surface area is 217 Å². The molecule has 1 saturated heterocycles. The van der Waals surface area contributed by atoms with Crippen molar-refractivity contribution in [2.75, 3.05) is 6.61 Å². The fourth-order valence-corrected chi connectivity index (χ4v) is 4.66. The molecule has 0 unspecified atom stereocenters. The summed E-state index contributed by atoms with van der Waals surface area (Å²) in [6.45, 7) is 2.76. The van der Waals surface area contributed by atoms with Crippen molar-refractivity contribution in [3.8, 4) is 11.5 Å². The molecule has 0 radical (unpaired) electrons. The zero-order valence-electron chi connectivity index (χ0n) is 18.7. The van der Waals surface area contributed by atoms with Gasteiger partial charge in [0.15, 0.2) is 15.8 Å². The smallest absolute Gasteiger partial charge is 0.285 e. The number of rotatable bonds is 8. The lowest BCUT2D eigenvalue weighted by Crippen LogP contribution is -2.44. The summed E-state index contributed by atoms with van der Waals surface area (Å²) in [5.74, 6) is 0.224. The highest BCUT2D eigenvalue weighted by molar-refractivity contribution is 8.26. The van der Waals surface area contributed by atoms with Gasteiger partial charge in [-0.3, -0.25) is 15.0 Å². The van der Waals surface area contributed by atoms with Gasteiger partial charge < -0.3 is 9.47 Å². The van der Waals surface area contributed by atoms with E-state index in [-0.39, 0.29) is 14.9 Å². The standard InChI is InChI=1S/C26H21ClN2O4S2/c1-2-32-22-14-18(12-13-21(22)33-16-17-8-4-3-5-9-17)15-23-25(31)29(26(34)35-23)28-24(30)19-10-6-7-11-20(19)27/h3-15H,2,16H2,1H3,(H,28,30)/b23-15-. The van der Waals surface area contributed by atoms with E-state index in [0.29, 0.717) is 29.6 Å². The van der Waals surface area contributed by atoms with Crippen LogP contribution in [0.3, 0.4) is 0 Å². The molecule has 2 amide bonds. The Balaban J connectivity index is 1.49. The Bertz CT molecular complexity index is 1300. The number of nitrogens with one attached hydrogen (secondary N) is 1. The van der Waals surface area contributed by atoms with Crippen molar-refractivity contribution >= 4 is 57.8 Å². The van der Waals surface area contributed by atoms with E-state index < -0.39 is 11.8 Å². The maximum atomic E-state index is 13.0. The van der Waals surface area contributed by atoms with Gasteiger partial charge >= 0.3 is 0 Å². The van der Waals surface area contributed by atoms with Crippen LogP contribution in [0, 0.1) is 0 Å². The van der Waals surface area contributed by atoms with E-state index in [1.807, 2.05) is 43.3 Å². The molecule has 1 aliphatic heterocycles. The van der Waals surface area contributed by atoms with Gasteiger partial charge in [0.2, 0.25) is 0 Å². The van der Waals surface area contributed by atoms with Crippen molar-refractivity contribution in [1.29, 1.82) is 0 Å². The molecule has 3 aromatic rings. The number of amides is 2. The fourth-order valence-electron chi connectivity index (χ4n) is 3.26. The highest BCUT2D eigenvalue weighted by Gasteiger charge is 2.34. The van der Waals surface area contributed by atoms with Crippen LogP contribution in [0.25, 0.3) is 6.08 Å². The normalized spacial score (nSPS) is 14.3. The number of benzene rings is 3. The Morgan fingerprint density at radius 3 is 2.54 bits per heavy atom. The topological polar surface area (TPSA) is 67.9 Å². The third-order valence-corrected chi connectivity index (χ3v) is 6.56. The molecule has 1 heterocycles. The van der Waals surface area contributed by atoms with Gasteiger partial charge in [-0.1, -0.05) is 71.9 Å². The molecule has 0 saturated carbocycles. The van der Waals surface area contributed by atoms with Crippen LogP contribution in [0.5, 0.6) is 11.5 Å². The van der Waals surface area contributed by atoms with Crippen LogP contribution in [0.1, 0.15) is 28.4 Å². The molecule has 3 aromatic carbocycles. The summed E-state index contributed by atoms with van der Waals surface area (Å²) in [6, 6.07) is 21.9. The maximum absolute atomic E-state index is 13.0. The lowest BCUT2D eigenvalue weighted by atomic mass is 10.1. The van der Waals surface area contributed by atoms with E-state index in [0.717, 1.165) is 27.9 Å². The lowest BCUT2D eigenvalue weighted by Gasteiger charge is -2.16. The molecule has 9 heteroatoms. The molecule has 0 aliphatic carbocycles. The predicted octanol–water partition coefficient (Wildman–Crippen LogP) is 5.86. The summed E-state index contributed by atoms with van der Waals surface area (Å²) < 4.78 is 11.9. The second kappa shape index (κ2) is 11.4. The van der Waals surface area contributed by atoms with Crippen molar-refractivity contribution in [3.05, 3.63) is 99.4 Å². The molecule has 0 aromatic heterocycles. The Morgan fingerprint density at radius 1 is 1.06 bits per heavy atom. The molecular weight excluding hydrogens is 504 g/mol. The molecule has 1 fully saturated rings. The first-order valence-electron chi connectivity index (χ1n) is 10.7. The molecule has 178 valence electrons. The Morgan fingerprint density at radius 2 is 1.80 bits per heavy atom. The number of hydrogen-bond donors (Lipinski definition) is 1. The van der Waals surface area contributed by atoms with Crippen molar-refractivity contribution in [1.82, 2.24) is 10.4 Å². The van der Waals surface area contributed by atoms with E-state index in [1.54, 1.807) is 42.5 Å². The highest BCUT2D eigenvalue weighted by atomic mass is 35.5. The first-order valence-corrected chi connectivity index (χ1v) is 12.3. The number of hydrogen-bond acceptors (Lipinski definition) is 6. The summed E-state index contributed by atoms with van der Waals surface area (Å²) in [7, 11) is 0. The maximum Gasteiger partial charge on any atom is 0.285 e. The van der Waals surface area contributed by atoms with Gasteiger partial charge in [-0.2, -0.15) is 5.01 Å². The molecule has 1 N–H and O–H groups in total. The first kappa shape index (κ1) is 24.8. The number of hydrazine groups is 1. The number of carbonyl (C=O) groups is 2. The lowest BCUT2D eigenvalue weighted by molar-refractivity contribution is -0.123. The van der Waals surface area contributed by atoms with Crippen LogP contribution in [0.4, 0.5) is 0 Å². The highest BCUT2D eigenvalue weighted by Crippen LogP contribution is 2.34. The third-order valence-electron chi connectivity index (χ3n) is 4.93. The van der Waals surface area contributed by atoms with E-state index in [4.69, 9.17) is 33.3 Å². The van der Waals surface area contributed by atoms with Gasteiger partial charge in [-0.15, -0.1) is 0 Å².